The zero-order valence-electron chi connectivity index (χ0n) is 13.8. The molecule has 2 N–H and O–H groups in total. The van der Waals surface area contributed by atoms with E-state index in [0.29, 0.717) is 0 Å². The average molecular weight is 327 g/mol. The van der Waals surface area contributed by atoms with Gasteiger partial charge in [-0.3, -0.25) is 0 Å². The van der Waals surface area contributed by atoms with Crippen molar-refractivity contribution in [3.63, 3.8) is 0 Å². The molecule has 1 aromatic carbocycles. The number of fused-ring (bicyclic) bond motifs is 1. The zero-order valence-corrected chi connectivity index (χ0v) is 14.6. The first-order valence-electron chi connectivity index (χ1n) is 7.64. The van der Waals surface area contributed by atoms with Crippen LogP contribution in [0.25, 0.3) is 21.3 Å². The van der Waals surface area contributed by atoms with E-state index < -0.39 is 5.60 Å². The maximum Gasteiger partial charge on any atom is 0.139 e. The standard InChI is InChI=1S/C18H21N3OS/c1-11-5-7-13(8-6-11)14-9-23-17-15(14)16(19-10-20-17)21-12(2)18(3,4)22/h5-10,12,22H,1-4H3,(H,19,20,21)/t12-/m0/s1. The highest BCUT2D eigenvalue weighted by atomic mass is 32.1. The third-order valence-electron chi connectivity index (χ3n) is 4.15. The molecule has 23 heavy (non-hydrogen) atoms. The maximum absolute atomic E-state index is 10.2. The fourth-order valence-corrected chi connectivity index (χ4v) is 3.23. The van der Waals surface area contributed by atoms with Crippen LogP contribution in [-0.4, -0.2) is 26.7 Å². The van der Waals surface area contributed by atoms with Crippen LogP contribution < -0.4 is 5.32 Å². The topological polar surface area (TPSA) is 58.0 Å². The summed E-state index contributed by atoms with van der Waals surface area (Å²) >= 11 is 1.61. The van der Waals surface area contributed by atoms with Crippen molar-refractivity contribution in [1.82, 2.24) is 9.97 Å². The Labute approximate surface area is 140 Å². The van der Waals surface area contributed by atoms with Crippen LogP contribution in [0.4, 0.5) is 5.82 Å². The fourth-order valence-electron chi connectivity index (χ4n) is 2.31. The molecule has 2 heterocycles. The number of hydrogen-bond acceptors (Lipinski definition) is 5. The summed E-state index contributed by atoms with van der Waals surface area (Å²) in [5.74, 6) is 0.765. The first-order valence-corrected chi connectivity index (χ1v) is 8.52. The van der Waals surface area contributed by atoms with Gasteiger partial charge in [0.2, 0.25) is 0 Å². The van der Waals surface area contributed by atoms with Gasteiger partial charge >= 0.3 is 0 Å². The Kier molecular flexibility index (Phi) is 4.08. The van der Waals surface area contributed by atoms with Crippen LogP contribution in [0.2, 0.25) is 0 Å². The quantitative estimate of drug-likeness (QED) is 0.752. The Balaban J connectivity index is 2.09. The Morgan fingerprint density at radius 3 is 2.52 bits per heavy atom. The van der Waals surface area contributed by atoms with E-state index in [0.717, 1.165) is 27.2 Å². The number of aryl methyl sites for hydroxylation is 1. The van der Waals surface area contributed by atoms with E-state index in [1.54, 1.807) is 31.5 Å². The van der Waals surface area contributed by atoms with Gasteiger partial charge in [-0.1, -0.05) is 29.8 Å². The molecule has 3 aromatic rings. The van der Waals surface area contributed by atoms with Crippen molar-refractivity contribution in [1.29, 1.82) is 0 Å². The van der Waals surface area contributed by atoms with Crippen LogP contribution in [0.1, 0.15) is 26.3 Å². The molecule has 0 aliphatic carbocycles. The first kappa shape index (κ1) is 15.9. The van der Waals surface area contributed by atoms with E-state index in [1.165, 1.54) is 5.56 Å². The van der Waals surface area contributed by atoms with Gasteiger partial charge in [0.1, 0.15) is 17.0 Å². The molecule has 0 aliphatic heterocycles. The average Bonchev–Trinajstić information content (AvgIpc) is 2.92. The van der Waals surface area contributed by atoms with E-state index in [1.807, 2.05) is 6.92 Å². The van der Waals surface area contributed by atoms with Crippen molar-refractivity contribution >= 4 is 27.4 Å². The molecule has 120 valence electrons. The summed E-state index contributed by atoms with van der Waals surface area (Å²) < 4.78 is 0. The van der Waals surface area contributed by atoms with Crippen molar-refractivity contribution in [2.75, 3.05) is 5.32 Å². The second kappa shape index (κ2) is 5.91. The third kappa shape index (κ3) is 3.21. The summed E-state index contributed by atoms with van der Waals surface area (Å²) in [5.41, 5.74) is 2.67. The van der Waals surface area contributed by atoms with Crippen molar-refractivity contribution in [3.8, 4) is 11.1 Å². The second-order valence-corrected chi connectivity index (χ2v) is 7.30. The van der Waals surface area contributed by atoms with E-state index in [2.05, 4.69) is 51.9 Å². The Hall–Kier alpha value is -1.98. The van der Waals surface area contributed by atoms with Gasteiger partial charge in [-0.2, -0.15) is 0 Å². The molecular formula is C18H21N3OS. The molecule has 0 radical (unpaired) electrons. The van der Waals surface area contributed by atoms with Gasteiger partial charge in [-0.25, -0.2) is 9.97 Å². The van der Waals surface area contributed by atoms with Gasteiger partial charge in [0.05, 0.1) is 17.0 Å². The van der Waals surface area contributed by atoms with Gasteiger partial charge < -0.3 is 10.4 Å². The van der Waals surface area contributed by atoms with Crippen LogP contribution in [0.5, 0.6) is 0 Å². The molecule has 3 rings (SSSR count). The lowest BCUT2D eigenvalue weighted by Gasteiger charge is -2.27. The Morgan fingerprint density at radius 1 is 1.17 bits per heavy atom. The summed E-state index contributed by atoms with van der Waals surface area (Å²) in [5, 5.41) is 16.6. The second-order valence-electron chi connectivity index (χ2n) is 6.44. The van der Waals surface area contributed by atoms with E-state index >= 15 is 0 Å². The van der Waals surface area contributed by atoms with Gasteiger partial charge in [0, 0.05) is 10.9 Å². The summed E-state index contributed by atoms with van der Waals surface area (Å²) in [6.07, 6.45) is 1.57. The van der Waals surface area contributed by atoms with Gasteiger partial charge in [0.25, 0.3) is 0 Å². The first-order chi connectivity index (χ1) is 10.9. The molecular weight excluding hydrogens is 306 g/mol. The molecule has 0 bridgehead atoms. The van der Waals surface area contributed by atoms with Crippen molar-refractivity contribution < 1.29 is 5.11 Å². The molecule has 2 aromatic heterocycles. The number of aliphatic hydroxyl groups is 1. The van der Waals surface area contributed by atoms with Gasteiger partial charge in [-0.05, 0) is 33.3 Å². The van der Waals surface area contributed by atoms with Crippen LogP contribution in [-0.2, 0) is 0 Å². The molecule has 0 saturated carbocycles. The number of aromatic nitrogens is 2. The highest BCUT2D eigenvalue weighted by molar-refractivity contribution is 7.17. The maximum atomic E-state index is 10.2. The molecule has 0 saturated heterocycles. The molecule has 0 amide bonds. The molecule has 4 nitrogen and oxygen atoms in total. The summed E-state index contributed by atoms with van der Waals surface area (Å²) in [4.78, 5) is 9.73. The van der Waals surface area contributed by atoms with Crippen molar-refractivity contribution in [2.24, 2.45) is 0 Å². The fraction of sp³-hybridized carbons (Fsp3) is 0.333. The van der Waals surface area contributed by atoms with Crippen LogP contribution >= 0.6 is 11.3 Å². The molecule has 5 heteroatoms. The number of thiophene rings is 1. The molecule has 0 aliphatic rings. The van der Waals surface area contributed by atoms with E-state index in [9.17, 15) is 5.11 Å². The highest BCUT2D eigenvalue weighted by Gasteiger charge is 2.24. The molecule has 0 fully saturated rings. The number of nitrogens with one attached hydrogen (secondary N) is 1. The Bertz CT molecular complexity index is 818. The largest absolute Gasteiger partial charge is 0.388 e. The number of anilines is 1. The Morgan fingerprint density at radius 2 is 1.87 bits per heavy atom. The van der Waals surface area contributed by atoms with Crippen LogP contribution in [0.3, 0.4) is 0 Å². The number of rotatable bonds is 4. The summed E-state index contributed by atoms with van der Waals surface area (Å²) in [6.45, 7) is 7.61. The smallest absolute Gasteiger partial charge is 0.139 e. The van der Waals surface area contributed by atoms with Crippen molar-refractivity contribution in [2.45, 2.75) is 39.3 Å². The van der Waals surface area contributed by atoms with Gasteiger partial charge in [0.15, 0.2) is 0 Å². The predicted molar refractivity (Wildman–Crippen MR) is 97.0 cm³/mol. The SMILES string of the molecule is Cc1ccc(-c2csc3ncnc(N[C@@H](C)C(C)(C)O)c23)cc1. The molecule has 0 unspecified atom stereocenters. The zero-order chi connectivity index (χ0) is 16.6. The van der Waals surface area contributed by atoms with Crippen LogP contribution in [0.15, 0.2) is 36.0 Å². The van der Waals surface area contributed by atoms with Gasteiger partial charge in [-0.15, -0.1) is 11.3 Å². The summed E-state index contributed by atoms with van der Waals surface area (Å²) in [6, 6.07) is 8.32. The third-order valence-corrected chi connectivity index (χ3v) is 5.03. The molecule has 0 spiro atoms. The van der Waals surface area contributed by atoms with Crippen molar-refractivity contribution in [3.05, 3.63) is 41.5 Å². The minimum atomic E-state index is -0.836. The predicted octanol–water partition coefficient (Wildman–Crippen LogP) is 4.24. The van der Waals surface area contributed by atoms with E-state index in [-0.39, 0.29) is 6.04 Å². The monoisotopic (exact) mass is 327 g/mol. The minimum Gasteiger partial charge on any atom is -0.388 e. The van der Waals surface area contributed by atoms with Crippen LogP contribution in [0, 0.1) is 6.92 Å². The highest BCUT2D eigenvalue weighted by Crippen LogP contribution is 2.37. The van der Waals surface area contributed by atoms with E-state index in [4.69, 9.17) is 0 Å². The normalized spacial score (nSPS) is 13.3. The molecule has 1 atom stereocenters. The summed E-state index contributed by atoms with van der Waals surface area (Å²) in [7, 11) is 0. The number of benzene rings is 1. The lowest BCUT2D eigenvalue weighted by Crippen LogP contribution is -2.39. The lowest BCUT2D eigenvalue weighted by atomic mass is 10.0. The minimum absolute atomic E-state index is 0.133. The number of hydrogen-bond donors (Lipinski definition) is 2. The lowest BCUT2D eigenvalue weighted by molar-refractivity contribution is 0.0648. The number of nitrogens with zero attached hydrogens (tertiary/aromatic N) is 2.